The number of benzene rings is 2. The first kappa shape index (κ1) is 21.8. The average molecular weight is 425 g/mol. The molecule has 0 atom stereocenters. The van der Waals surface area contributed by atoms with Crippen LogP contribution in [0.4, 0.5) is 0 Å². The zero-order chi connectivity index (χ0) is 21.6. The first-order chi connectivity index (χ1) is 13.8. The van der Waals surface area contributed by atoms with Crippen LogP contribution in [0.15, 0.2) is 59.5 Å². The van der Waals surface area contributed by atoms with Gasteiger partial charge < -0.3 is 5.11 Å². The molecule has 0 spiro atoms. The van der Waals surface area contributed by atoms with Gasteiger partial charge >= 0.3 is 5.97 Å². The minimum Gasteiger partial charge on any atom is -0.477 e. The highest BCUT2D eigenvalue weighted by molar-refractivity contribution is 7.90. The van der Waals surface area contributed by atoms with Gasteiger partial charge in [0, 0.05) is 11.4 Å². The molecule has 0 saturated heterocycles. The fourth-order valence-corrected chi connectivity index (χ4v) is 5.53. The number of aromatic carboxylic acids is 1. The maximum Gasteiger partial charge on any atom is 0.346 e. The molecule has 2 aromatic carbocycles. The molecule has 29 heavy (non-hydrogen) atoms. The van der Waals surface area contributed by atoms with E-state index < -0.39 is 21.6 Å². The molecule has 1 N–H and O–H groups in total. The van der Waals surface area contributed by atoms with Gasteiger partial charge in [0.25, 0.3) is 0 Å². The predicted molar refractivity (Wildman–Crippen MR) is 110 cm³/mol. The van der Waals surface area contributed by atoms with E-state index in [1.165, 1.54) is 6.07 Å². The third-order valence-electron chi connectivity index (χ3n) is 4.05. The zero-order valence-electron chi connectivity index (χ0n) is 15.4. The minimum atomic E-state index is -3.69. The van der Waals surface area contributed by atoms with E-state index in [1.54, 1.807) is 55.5 Å². The van der Waals surface area contributed by atoms with Crippen LogP contribution in [0.3, 0.4) is 0 Å². The Bertz CT molecular complexity index is 1220. The maximum atomic E-state index is 12.8. The van der Waals surface area contributed by atoms with Crippen molar-refractivity contribution in [2.24, 2.45) is 0 Å². The standard InChI is InChI=1S/C20H15NO4S2.CHN/c1-13-5-2-3-8-18(13)27(24,25)12-16-10-17(26-19(16)20(22)23)15-7-4-6-14(9-15)11-21;1-2/h2-10H,12H2,1H3,(H,22,23);1H. The highest BCUT2D eigenvalue weighted by atomic mass is 32.2. The summed E-state index contributed by atoms with van der Waals surface area (Å²) >= 11 is 1.01. The summed E-state index contributed by atoms with van der Waals surface area (Å²) in [7, 11) is -3.69. The van der Waals surface area contributed by atoms with Crippen molar-refractivity contribution in [2.45, 2.75) is 17.6 Å². The molecule has 0 unspecified atom stereocenters. The van der Waals surface area contributed by atoms with Crippen LogP contribution in [0.1, 0.15) is 26.4 Å². The van der Waals surface area contributed by atoms with Gasteiger partial charge in [0.1, 0.15) is 4.88 Å². The van der Waals surface area contributed by atoms with Crippen LogP contribution in [0.5, 0.6) is 0 Å². The van der Waals surface area contributed by atoms with Crippen molar-refractivity contribution in [1.29, 1.82) is 10.5 Å². The molecule has 1 heterocycles. The fraction of sp³-hybridized carbons (Fsp3) is 0.0952. The largest absolute Gasteiger partial charge is 0.477 e. The van der Waals surface area contributed by atoms with Gasteiger partial charge in [-0.15, -0.1) is 11.3 Å². The normalized spacial score (nSPS) is 10.4. The summed E-state index contributed by atoms with van der Waals surface area (Å²) in [5.41, 5.74) is 1.99. The van der Waals surface area contributed by atoms with Gasteiger partial charge in [-0.2, -0.15) is 5.26 Å². The lowest BCUT2D eigenvalue weighted by Crippen LogP contribution is -2.08. The molecule has 146 valence electrons. The van der Waals surface area contributed by atoms with Crippen LogP contribution in [0, 0.1) is 30.1 Å². The summed E-state index contributed by atoms with van der Waals surface area (Å²) in [6, 6.07) is 17.0. The van der Waals surface area contributed by atoms with Gasteiger partial charge in [0.15, 0.2) is 9.84 Å². The first-order valence-electron chi connectivity index (χ1n) is 8.22. The summed E-state index contributed by atoms with van der Waals surface area (Å²) in [6.07, 6.45) is 0. The van der Waals surface area contributed by atoms with Crippen LogP contribution in [-0.4, -0.2) is 19.5 Å². The summed E-state index contributed by atoms with van der Waals surface area (Å²) in [6.45, 7) is 5.21. The number of carboxylic acid groups (broad SMARTS) is 1. The molecule has 0 aliphatic carbocycles. The molecule has 0 fully saturated rings. The Labute approximate surface area is 172 Å². The number of aryl methyl sites for hydroxylation is 1. The van der Waals surface area contributed by atoms with E-state index in [1.807, 2.05) is 6.07 Å². The molecule has 1 aromatic heterocycles. The van der Waals surface area contributed by atoms with Crippen molar-refractivity contribution in [1.82, 2.24) is 0 Å². The molecule has 0 bridgehead atoms. The second-order valence-corrected chi connectivity index (χ2v) is 9.00. The number of hydrogen-bond donors (Lipinski definition) is 1. The maximum absolute atomic E-state index is 12.8. The summed E-state index contributed by atoms with van der Waals surface area (Å²) in [5.74, 6) is -1.56. The van der Waals surface area contributed by atoms with Gasteiger partial charge in [-0.1, -0.05) is 30.3 Å². The molecule has 3 aromatic rings. The van der Waals surface area contributed by atoms with Crippen LogP contribution in [-0.2, 0) is 15.6 Å². The molecule has 0 amide bonds. The monoisotopic (exact) mass is 424 g/mol. The Kier molecular flexibility index (Phi) is 6.89. The number of nitrogens with zero attached hydrogens (tertiary/aromatic N) is 2. The number of rotatable bonds is 5. The Hall–Kier alpha value is -3.46. The number of nitriles is 2. The minimum absolute atomic E-state index is 0.00970. The quantitative estimate of drug-likeness (QED) is 0.648. The summed E-state index contributed by atoms with van der Waals surface area (Å²) in [5, 5.41) is 25.1. The summed E-state index contributed by atoms with van der Waals surface area (Å²) in [4.78, 5) is 12.4. The smallest absolute Gasteiger partial charge is 0.346 e. The fourth-order valence-electron chi connectivity index (χ4n) is 2.79. The SMILES string of the molecule is C#N.Cc1ccccc1S(=O)(=O)Cc1cc(-c2cccc(C#N)c2)sc1C(=O)O. The second kappa shape index (κ2) is 9.16. The summed E-state index contributed by atoms with van der Waals surface area (Å²) < 4.78 is 25.6. The third kappa shape index (κ3) is 4.88. The zero-order valence-corrected chi connectivity index (χ0v) is 17.0. The van der Waals surface area contributed by atoms with E-state index in [0.29, 0.717) is 21.6 Å². The van der Waals surface area contributed by atoms with E-state index >= 15 is 0 Å². The molecular weight excluding hydrogens is 408 g/mol. The van der Waals surface area contributed by atoms with E-state index in [9.17, 15) is 18.3 Å². The van der Waals surface area contributed by atoms with Crippen molar-refractivity contribution in [3.8, 4) is 23.1 Å². The number of thiophene rings is 1. The van der Waals surface area contributed by atoms with E-state index in [2.05, 4.69) is 6.57 Å². The number of sulfone groups is 1. The van der Waals surface area contributed by atoms with Crippen molar-refractivity contribution in [3.63, 3.8) is 0 Å². The molecule has 3 rings (SSSR count). The number of carboxylic acids is 1. The van der Waals surface area contributed by atoms with Crippen LogP contribution in [0.25, 0.3) is 10.4 Å². The molecule has 6 nitrogen and oxygen atoms in total. The van der Waals surface area contributed by atoms with Gasteiger partial charge in [-0.25, -0.2) is 18.5 Å². The molecule has 0 aliphatic heterocycles. The Balaban J connectivity index is 0.00000145. The van der Waals surface area contributed by atoms with E-state index in [0.717, 1.165) is 11.3 Å². The van der Waals surface area contributed by atoms with Crippen molar-refractivity contribution in [2.75, 3.05) is 0 Å². The Morgan fingerprint density at radius 2 is 1.83 bits per heavy atom. The van der Waals surface area contributed by atoms with Gasteiger partial charge in [-0.3, -0.25) is 0 Å². The number of hydrogen-bond acceptors (Lipinski definition) is 6. The lowest BCUT2D eigenvalue weighted by atomic mass is 10.1. The molecule has 0 aliphatic rings. The topological polar surface area (TPSA) is 119 Å². The molecule has 0 radical (unpaired) electrons. The van der Waals surface area contributed by atoms with E-state index in [-0.39, 0.29) is 15.3 Å². The van der Waals surface area contributed by atoms with Gasteiger partial charge in [0.05, 0.1) is 22.3 Å². The molecule has 0 saturated carbocycles. The van der Waals surface area contributed by atoms with Crippen molar-refractivity contribution >= 4 is 27.1 Å². The van der Waals surface area contributed by atoms with Gasteiger partial charge in [-0.05, 0) is 47.9 Å². The predicted octanol–water partition coefficient (Wildman–Crippen LogP) is 4.41. The lowest BCUT2D eigenvalue weighted by molar-refractivity contribution is 0.0701. The van der Waals surface area contributed by atoms with Crippen molar-refractivity contribution < 1.29 is 18.3 Å². The molecular formula is C21H16N2O4S2. The third-order valence-corrected chi connectivity index (χ3v) is 7.09. The van der Waals surface area contributed by atoms with Gasteiger partial charge in [0.2, 0.25) is 0 Å². The number of carbonyl (C=O) groups is 1. The highest BCUT2D eigenvalue weighted by Gasteiger charge is 2.24. The van der Waals surface area contributed by atoms with Crippen LogP contribution in [0.2, 0.25) is 0 Å². The first-order valence-corrected chi connectivity index (χ1v) is 10.7. The average Bonchev–Trinajstić information content (AvgIpc) is 3.13. The lowest BCUT2D eigenvalue weighted by Gasteiger charge is -2.07. The van der Waals surface area contributed by atoms with Crippen LogP contribution < -0.4 is 0 Å². The second-order valence-electron chi connectivity index (χ2n) is 5.99. The Morgan fingerprint density at radius 3 is 2.45 bits per heavy atom. The van der Waals surface area contributed by atoms with E-state index in [4.69, 9.17) is 10.5 Å². The van der Waals surface area contributed by atoms with Crippen molar-refractivity contribution in [3.05, 3.63) is 76.2 Å². The molecule has 8 heteroatoms. The van der Waals surface area contributed by atoms with Crippen LogP contribution >= 0.6 is 11.3 Å². The Morgan fingerprint density at radius 1 is 1.14 bits per heavy atom. The highest BCUT2D eigenvalue weighted by Crippen LogP contribution is 2.34.